The fraction of sp³-hybridized carbons (Fsp3) is 0.222. The molecule has 0 N–H and O–H groups in total. The summed E-state index contributed by atoms with van der Waals surface area (Å²) >= 11 is 0. The summed E-state index contributed by atoms with van der Waals surface area (Å²) in [5.41, 5.74) is 0. The van der Waals surface area contributed by atoms with E-state index < -0.39 is 25.8 Å². The van der Waals surface area contributed by atoms with Gasteiger partial charge in [-0.25, -0.2) is 8.42 Å². The Bertz CT molecular complexity index is 465. The van der Waals surface area contributed by atoms with E-state index in [4.69, 9.17) is 0 Å². The highest BCUT2D eigenvalue weighted by Gasteiger charge is 2.50. The maximum atomic E-state index is 13.1. The summed E-state index contributed by atoms with van der Waals surface area (Å²) in [4.78, 5) is 9.99. The normalized spacial score (nSPS) is 12.5. The van der Waals surface area contributed by atoms with Gasteiger partial charge < -0.3 is 0 Å². The predicted molar refractivity (Wildman–Crippen MR) is 49.3 cm³/mol. The van der Waals surface area contributed by atoms with Crippen LogP contribution in [0.5, 0.6) is 0 Å². The summed E-state index contributed by atoms with van der Waals surface area (Å²) in [5.74, 6) is -1.69. The molecule has 0 saturated heterocycles. The molecule has 3 nitrogen and oxygen atoms in total. The minimum Gasteiger partial charge on any atom is -0.292 e. The summed E-state index contributed by atoms with van der Waals surface area (Å²) in [5, 5.41) is -4.37. The second-order valence-corrected chi connectivity index (χ2v) is 4.88. The zero-order valence-electron chi connectivity index (χ0n) is 7.78. The molecule has 0 aromatic heterocycles. The van der Waals surface area contributed by atoms with Gasteiger partial charge in [0, 0.05) is 6.92 Å². The van der Waals surface area contributed by atoms with Crippen molar-refractivity contribution in [2.75, 3.05) is 0 Å². The van der Waals surface area contributed by atoms with Crippen molar-refractivity contribution in [1.29, 1.82) is 0 Å². The Labute approximate surface area is 85.6 Å². The zero-order valence-corrected chi connectivity index (χ0v) is 8.59. The van der Waals surface area contributed by atoms with E-state index in [2.05, 4.69) is 0 Å². The van der Waals surface area contributed by atoms with Crippen molar-refractivity contribution >= 4 is 15.6 Å². The number of rotatable bonds is 3. The second-order valence-electron chi connectivity index (χ2n) is 2.89. The van der Waals surface area contributed by atoms with E-state index >= 15 is 0 Å². The minimum atomic E-state index is -4.92. The standard InChI is InChI=1S/C9H8F2O3S/c1-7(12)9(10,11)15(13,14)8-5-3-2-4-6-8/h2-6H,1H3. The molecule has 82 valence electrons. The molecule has 0 radical (unpaired) electrons. The molecule has 0 aliphatic carbocycles. The van der Waals surface area contributed by atoms with E-state index in [1.165, 1.54) is 18.2 Å². The SMILES string of the molecule is CC(=O)C(F)(F)S(=O)(=O)c1ccccc1. The van der Waals surface area contributed by atoms with E-state index in [0.29, 0.717) is 6.92 Å². The number of hydrogen-bond acceptors (Lipinski definition) is 3. The van der Waals surface area contributed by atoms with Crippen LogP contribution in [0.15, 0.2) is 35.2 Å². The molecular formula is C9H8F2O3S. The van der Waals surface area contributed by atoms with Crippen molar-refractivity contribution in [2.24, 2.45) is 0 Å². The Kier molecular flexibility index (Phi) is 2.90. The lowest BCUT2D eigenvalue weighted by Gasteiger charge is -2.13. The van der Waals surface area contributed by atoms with Crippen LogP contribution in [-0.4, -0.2) is 19.5 Å². The predicted octanol–water partition coefficient (Wildman–Crippen LogP) is 1.64. The van der Waals surface area contributed by atoms with Crippen molar-refractivity contribution in [3.8, 4) is 0 Å². The fourth-order valence-corrected chi connectivity index (χ4v) is 2.13. The number of ketones is 1. The summed E-state index contributed by atoms with van der Waals surface area (Å²) in [6, 6.07) is 6.15. The van der Waals surface area contributed by atoms with E-state index in [1.54, 1.807) is 0 Å². The molecule has 0 aliphatic rings. The number of benzene rings is 1. The van der Waals surface area contributed by atoms with Crippen LogP contribution in [0.1, 0.15) is 6.92 Å². The highest BCUT2D eigenvalue weighted by molar-refractivity contribution is 7.93. The van der Waals surface area contributed by atoms with Crippen LogP contribution < -0.4 is 0 Å². The maximum Gasteiger partial charge on any atom is 0.406 e. The largest absolute Gasteiger partial charge is 0.406 e. The van der Waals surface area contributed by atoms with Gasteiger partial charge in [-0.05, 0) is 12.1 Å². The lowest BCUT2D eigenvalue weighted by Crippen LogP contribution is -2.36. The first-order valence-corrected chi connectivity index (χ1v) is 5.47. The molecule has 0 aliphatic heterocycles. The molecule has 0 bridgehead atoms. The van der Waals surface area contributed by atoms with Gasteiger partial charge in [-0.15, -0.1) is 0 Å². The molecule has 0 saturated carbocycles. The van der Waals surface area contributed by atoms with Crippen LogP contribution in [-0.2, 0) is 14.6 Å². The van der Waals surface area contributed by atoms with Crippen molar-refractivity contribution in [3.63, 3.8) is 0 Å². The van der Waals surface area contributed by atoms with Gasteiger partial charge in [-0.2, -0.15) is 8.78 Å². The second kappa shape index (κ2) is 3.69. The summed E-state index contributed by atoms with van der Waals surface area (Å²) < 4.78 is 48.8. The van der Waals surface area contributed by atoms with Gasteiger partial charge in [0.25, 0.3) is 9.84 Å². The Balaban J connectivity index is 3.33. The molecule has 0 amide bonds. The van der Waals surface area contributed by atoms with Crippen LogP contribution in [0.3, 0.4) is 0 Å². The molecule has 0 atom stereocenters. The molecule has 0 heterocycles. The zero-order chi connectivity index (χ0) is 11.7. The molecule has 0 spiro atoms. The van der Waals surface area contributed by atoms with Crippen molar-refractivity contribution in [3.05, 3.63) is 30.3 Å². The third-order valence-electron chi connectivity index (χ3n) is 1.80. The first kappa shape index (κ1) is 11.8. The van der Waals surface area contributed by atoms with Crippen molar-refractivity contribution < 1.29 is 22.0 Å². The van der Waals surface area contributed by atoms with E-state index in [9.17, 15) is 22.0 Å². The Hall–Kier alpha value is -1.30. The van der Waals surface area contributed by atoms with Gasteiger partial charge in [0.2, 0.25) is 5.78 Å². The number of alkyl halides is 2. The smallest absolute Gasteiger partial charge is 0.292 e. The van der Waals surface area contributed by atoms with Crippen LogP contribution >= 0.6 is 0 Å². The third-order valence-corrected chi connectivity index (χ3v) is 3.66. The lowest BCUT2D eigenvalue weighted by atomic mass is 10.4. The Morgan fingerprint density at radius 2 is 1.67 bits per heavy atom. The van der Waals surface area contributed by atoms with Crippen LogP contribution in [0.4, 0.5) is 8.78 Å². The quantitative estimate of drug-likeness (QED) is 0.798. The number of halogens is 2. The molecule has 1 rings (SSSR count). The number of carbonyl (C=O) groups is 1. The molecule has 1 aromatic rings. The Morgan fingerprint density at radius 1 is 1.20 bits per heavy atom. The first-order valence-electron chi connectivity index (χ1n) is 3.98. The van der Waals surface area contributed by atoms with Gasteiger partial charge in [-0.1, -0.05) is 18.2 Å². The van der Waals surface area contributed by atoms with Gasteiger partial charge in [0.1, 0.15) is 0 Å². The molecule has 6 heteroatoms. The monoisotopic (exact) mass is 234 g/mol. The highest BCUT2D eigenvalue weighted by atomic mass is 32.2. The van der Waals surface area contributed by atoms with Crippen molar-refractivity contribution in [1.82, 2.24) is 0 Å². The van der Waals surface area contributed by atoms with Gasteiger partial charge in [0.05, 0.1) is 4.90 Å². The maximum absolute atomic E-state index is 13.1. The lowest BCUT2D eigenvalue weighted by molar-refractivity contribution is -0.130. The summed E-state index contributed by atoms with van der Waals surface area (Å²) in [6.07, 6.45) is 0. The van der Waals surface area contributed by atoms with Crippen LogP contribution in [0.25, 0.3) is 0 Å². The van der Waals surface area contributed by atoms with E-state index in [1.807, 2.05) is 0 Å². The first-order chi connectivity index (χ1) is 6.80. The van der Waals surface area contributed by atoms with Crippen molar-refractivity contribution in [2.45, 2.75) is 17.1 Å². The van der Waals surface area contributed by atoms with E-state index in [0.717, 1.165) is 12.1 Å². The summed E-state index contributed by atoms with van der Waals surface area (Å²) in [6.45, 7) is 0.542. The highest BCUT2D eigenvalue weighted by Crippen LogP contribution is 2.29. The number of sulfone groups is 1. The Morgan fingerprint density at radius 3 is 2.07 bits per heavy atom. The number of carbonyl (C=O) groups excluding carboxylic acids is 1. The molecule has 15 heavy (non-hydrogen) atoms. The van der Waals surface area contributed by atoms with Gasteiger partial charge in [0.15, 0.2) is 0 Å². The molecular weight excluding hydrogens is 226 g/mol. The molecule has 0 unspecified atom stereocenters. The van der Waals surface area contributed by atoms with Crippen LogP contribution in [0, 0.1) is 0 Å². The van der Waals surface area contributed by atoms with Crippen LogP contribution in [0.2, 0.25) is 0 Å². The fourth-order valence-electron chi connectivity index (χ4n) is 0.937. The average molecular weight is 234 g/mol. The van der Waals surface area contributed by atoms with E-state index in [-0.39, 0.29) is 0 Å². The van der Waals surface area contributed by atoms with Gasteiger partial charge in [-0.3, -0.25) is 4.79 Å². The number of hydrogen-bond donors (Lipinski definition) is 0. The average Bonchev–Trinajstić information content (AvgIpc) is 2.18. The number of Topliss-reactive ketones (excluding diaryl/α,β-unsaturated/α-hetero) is 1. The minimum absolute atomic E-state index is 0.542. The van der Waals surface area contributed by atoms with Gasteiger partial charge >= 0.3 is 5.25 Å². The summed E-state index contributed by atoms with van der Waals surface area (Å²) in [7, 11) is -4.92. The topological polar surface area (TPSA) is 51.2 Å². The molecule has 1 aromatic carbocycles. The third kappa shape index (κ3) is 1.90. The molecule has 0 fully saturated rings.